The minimum Gasteiger partial charge on any atom is -0.445 e. The first kappa shape index (κ1) is 11.3. The normalized spacial score (nSPS) is 10.8. The minimum absolute atomic E-state index is 0.930. The summed E-state index contributed by atoms with van der Waals surface area (Å²) in [5, 5.41) is 0. The molecule has 14 heavy (non-hydrogen) atoms. The van der Waals surface area contributed by atoms with Gasteiger partial charge in [-0.05, 0) is 19.8 Å². The fourth-order valence-corrected chi connectivity index (χ4v) is 1.58. The summed E-state index contributed by atoms with van der Waals surface area (Å²) in [6.45, 7) is 6.42. The molecule has 0 bridgehead atoms. The third-order valence-electron chi connectivity index (χ3n) is 2.41. The van der Waals surface area contributed by atoms with Crippen molar-refractivity contribution in [2.24, 2.45) is 0 Å². The predicted octanol–water partition coefficient (Wildman–Crippen LogP) is 3.67. The zero-order chi connectivity index (χ0) is 10.4. The van der Waals surface area contributed by atoms with Gasteiger partial charge in [0.2, 0.25) is 0 Å². The van der Waals surface area contributed by atoms with Crippen LogP contribution in [0.3, 0.4) is 0 Å². The zero-order valence-electron chi connectivity index (χ0n) is 9.60. The molecule has 0 amide bonds. The highest BCUT2D eigenvalue weighted by Crippen LogP contribution is 2.14. The number of hydrogen-bond acceptors (Lipinski definition) is 2. The molecule has 1 aromatic heterocycles. The number of aromatic nitrogens is 1. The second-order valence-electron chi connectivity index (χ2n) is 3.82. The molecule has 0 radical (unpaired) electrons. The van der Waals surface area contributed by atoms with E-state index in [1.165, 1.54) is 19.3 Å². The molecule has 80 valence electrons. The second kappa shape index (κ2) is 5.84. The van der Waals surface area contributed by atoms with E-state index in [9.17, 15) is 0 Å². The van der Waals surface area contributed by atoms with E-state index in [1.54, 1.807) is 0 Å². The molecule has 0 saturated carbocycles. The van der Waals surface area contributed by atoms with Gasteiger partial charge < -0.3 is 4.42 Å². The Morgan fingerprint density at radius 2 is 1.86 bits per heavy atom. The number of aryl methyl sites for hydroxylation is 3. The highest BCUT2D eigenvalue weighted by Gasteiger charge is 2.07. The minimum atomic E-state index is 0.930. The molecule has 0 aliphatic carbocycles. The van der Waals surface area contributed by atoms with Gasteiger partial charge in [-0.3, -0.25) is 0 Å². The van der Waals surface area contributed by atoms with E-state index in [-0.39, 0.29) is 0 Å². The van der Waals surface area contributed by atoms with Crippen LogP contribution in [0.25, 0.3) is 0 Å². The number of unbranched alkanes of at least 4 members (excludes halogenated alkanes) is 2. The Hall–Kier alpha value is -0.790. The standard InChI is InChI=1S/C12H21NO/c1-4-6-7-9-12-13-10(3)11(14-12)8-5-2/h4-9H2,1-3H3. The molecule has 2 heteroatoms. The van der Waals surface area contributed by atoms with Gasteiger partial charge in [-0.25, -0.2) is 4.98 Å². The van der Waals surface area contributed by atoms with Gasteiger partial charge in [-0.2, -0.15) is 0 Å². The highest BCUT2D eigenvalue weighted by atomic mass is 16.4. The summed E-state index contributed by atoms with van der Waals surface area (Å²) < 4.78 is 5.69. The molecule has 2 nitrogen and oxygen atoms in total. The molecular formula is C12H21NO. The van der Waals surface area contributed by atoms with E-state index in [1.807, 2.05) is 6.92 Å². The molecule has 0 saturated heterocycles. The first-order valence-corrected chi connectivity index (χ1v) is 5.73. The van der Waals surface area contributed by atoms with Crippen molar-refractivity contribution in [3.05, 3.63) is 17.3 Å². The van der Waals surface area contributed by atoms with Crippen LogP contribution in [0.1, 0.15) is 56.9 Å². The summed E-state index contributed by atoms with van der Waals surface area (Å²) in [4.78, 5) is 4.43. The topological polar surface area (TPSA) is 26.0 Å². The number of oxazole rings is 1. The van der Waals surface area contributed by atoms with Gasteiger partial charge in [-0.15, -0.1) is 0 Å². The molecule has 0 atom stereocenters. The van der Waals surface area contributed by atoms with Crippen molar-refractivity contribution in [2.45, 2.75) is 59.3 Å². The Balaban J connectivity index is 2.48. The lowest BCUT2D eigenvalue weighted by atomic mass is 10.2. The summed E-state index contributed by atoms with van der Waals surface area (Å²) in [6, 6.07) is 0. The van der Waals surface area contributed by atoms with Crippen molar-refractivity contribution in [1.29, 1.82) is 0 Å². The second-order valence-corrected chi connectivity index (χ2v) is 3.82. The maximum Gasteiger partial charge on any atom is 0.194 e. The van der Waals surface area contributed by atoms with Gasteiger partial charge >= 0.3 is 0 Å². The molecule has 1 heterocycles. The van der Waals surface area contributed by atoms with Crippen molar-refractivity contribution < 1.29 is 4.42 Å². The van der Waals surface area contributed by atoms with Crippen LogP contribution in [-0.2, 0) is 12.8 Å². The van der Waals surface area contributed by atoms with Crippen LogP contribution in [0, 0.1) is 6.92 Å². The first-order valence-electron chi connectivity index (χ1n) is 5.73. The Morgan fingerprint density at radius 3 is 2.50 bits per heavy atom. The third kappa shape index (κ3) is 3.17. The van der Waals surface area contributed by atoms with E-state index in [4.69, 9.17) is 4.42 Å². The summed E-state index contributed by atoms with van der Waals surface area (Å²) in [5.41, 5.74) is 1.08. The summed E-state index contributed by atoms with van der Waals surface area (Å²) >= 11 is 0. The first-order chi connectivity index (χ1) is 6.77. The molecule has 0 aliphatic heterocycles. The Kier molecular flexibility index (Phi) is 4.71. The van der Waals surface area contributed by atoms with Crippen molar-refractivity contribution in [1.82, 2.24) is 4.98 Å². The van der Waals surface area contributed by atoms with Gasteiger partial charge in [0, 0.05) is 12.8 Å². The smallest absolute Gasteiger partial charge is 0.194 e. The molecule has 0 N–H and O–H groups in total. The Morgan fingerprint density at radius 1 is 1.07 bits per heavy atom. The molecular weight excluding hydrogens is 174 g/mol. The fraction of sp³-hybridized carbons (Fsp3) is 0.750. The lowest BCUT2D eigenvalue weighted by Crippen LogP contribution is -1.84. The van der Waals surface area contributed by atoms with Crippen LogP contribution < -0.4 is 0 Å². The Labute approximate surface area is 86.7 Å². The third-order valence-corrected chi connectivity index (χ3v) is 2.41. The number of rotatable bonds is 6. The van der Waals surface area contributed by atoms with Gasteiger partial charge in [-0.1, -0.05) is 26.7 Å². The quantitative estimate of drug-likeness (QED) is 0.647. The van der Waals surface area contributed by atoms with Gasteiger partial charge in [0.1, 0.15) is 5.76 Å². The largest absolute Gasteiger partial charge is 0.445 e. The lowest BCUT2D eigenvalue weighted by Gasteiger charge is -1.94. The molecule has 1 aromatic rings. The van der Waals surface area contributed by atoms with Crippen molar-refractivity contribution in [3.63, 3.8) is 0 Å². The molecule has 1 rings (SSSR count). The maximum absolute atomic E-state index is 5.69. The predicted molar refractivity (Wildman–Crippen MR) is 58.5 cm³/mol. The van der Waals surface area contributed by atoms with Gasteiger partial charge in [0.25, 0.3) is 0 Å². The SMILES string of the molecule is CCCCCc1nc(C)c(CCC)o1. The van der Waals surface area contributed by atoms with E-state index >= 15 is 0 Å². The van der Waals surface area contributed by atoms with Crippen LogP contribution in [0.15, 0.2) is 4.42 Å². The maximum atomic E-state index is 5.69. The summed E-state index contributed by atoms with van der Waals surface area (Å²) in [6.07, 6.45) is 6.86. The van der Waals surface area contributed by atoms with Gasteiger partial charge in [0.15, 0.2) is 5.89 Å². The van der Waals surface area contributed by atoms with E-state index in [2.05, 4.69) is 18.8 Å². The fourth-order valence-electron chi connectivity index (χ4n) is 1.58. The van der Waals surface area contributed by atoms with Gasteiger partial charge in [0.05, 0.1) is 5.69 Å². The number of hydrogen-bond donors (Lipinski definition) is 0. The molecule has 0 aromatic carbocycles. The van der Waals surface area contributed by atoms with E-state index < -0.39 is 0 Å². The number of nitrogens with zero attached hydrogens (tertiary/aromatic N) is 1. The monoisotopic (exact) mass is 195 g/mol. The average molecular weight is 195 g/mol. The molecule has 0 spiro atoms. The highest BCUT2D eigenvalue weighted by molar-refractivity contribution is 5.07. The van der Waals surface area contributed by atoms with Crippen LogP contribution in [0.2, 0.25) is 0 Å². The van der Waals surface area contributed by atoms with E-state index in [0.29, 0.717) is 0 Å². The Bertz CT molecular complexity index is 265. The van der Waals surface area contributed by atoms with Crippen molar-refractivity contribution in [3.8, 4) is 0 Å². The van der Waals surface area contributed by atoms with Crippen LogP contribution in [-0.4, -0.2) is 4.98 Å². The molecule has 0 fully saturated rings. The lowest BCUT2D eigenvalue weighted by molar-refractivity contribution is 0.444. The van der Waals surface area contributed by atoms with Crippen LogP contribution in [0.4, 0.5) is 0 Å². The average Bonchev–Trinajstić information content (AvgIpc) is 2.49. The zero-order valence-corrected chi connectivity index (χ0v) is 9.60. The van der Waals surface area contributed by atoms with Crippen LogP contribution in [0.5, 0.6) is 0 Å². The molecule has 0 unspecified atom stereocenters. The summed E-state index contributed by atoms with van der Waals surface area (Å²) in [5.74, 6) is 2.01. The van der Waals surface area contributed by atoms with E-state index in [0.717, 1.165) is 36.6 Å². The summed E-state index contributed by atoms with van der Waals surface area (Å²) in [7, 11) is 0. The van der Waals surface area contributed by atoms with Crippen molar-refractivity contribution in [2.75, 3.05) is 0 Å². The molecule has 0 aliphatic rings. The van der Waals surface area contributed by atoms with Crippen LogP contribution >= 0.6 is 0 Å². The van der Waals surface area contributed by atoms with Crippen molar-refractivity contribution >= 4 is 0 Å².